The van der Waals surface area contributed by atoms with Crippen LogP contribution >= 0.6 is 0 Å². The molecule has 6 nitrogen and oxygen atoms in total. The van der Waals surface area contributed by atoms with Gasteiger partial charge >= 0.3 is 0 Å². The van der Waals surface area contributed by atoms with E-state index in [2.05, 4.69) is 15.6 Å². The van der Waals surface area contributed by atoms with Gasteiger partial charge in [0.25, 0.3) is 0 Å². The Bertz CT molecular complexity index is 983. The first-order chi connectivity index (χ1) is 12.9. The summed E-state index contributed by atoms with van der Waals surface area (Å²) >= 11 is 0. The van der Waals surface area contributed by atoms with Crippen LogP contribution in [0.15, 0.2) is 42.7 Å². The fourth-order valence-electron chi connectivity index (χ4n) is 3.29. The average Bonchev–Trinajstić information content (AvgIpc) is 3.06. The van der Waals surface area contributed by atoms with Crippen molar-refractivity contribution in [3.05, 3.63) is 59.4 Å². The van der Waals surface area contributed by atoms with Crippen molar-refractivity contribution >= 4 is 28.5 Å². The van der Waals surface area contributed by atoms with E-state index in [4.69, 9.17) is 0 Å². The molecule has 0 aliphatic carbocycles. The maximum Gasteiger partial charge on any atom is 0.243 e. The first-order valence-electron chi connectivity index (χ1n) is 8.94. The Morgan fingerprint density at radius 1 is 1.11 bits per heavy atom. The van der Waals surface area contributed by atoms with Gasteiger partial charge in [0.15, 0.2) is 0 Å². The van der Waals surface area contributed by atoms with Crippen LogP contribution < -0.4 is 10.6 Å². The van der Waals surface area contributed by atoms with Crippen LogP contribution in [0.2, 0.25) is 0 Å². The predicted molar refractivity (Wildman–Crippen MR) is 107 cm³/mol. The largest absolute Gasteiger partial charge is 0.345 e. The molecule has 3 rings (SSSR count). The van der Waals surface area contributed by atoms with Crippen LogP contribution in [0.3, 0.4) is 0 Å². The van der Waals surface area contributed by atoms with Gasteiger partial charge in [-0.15, -0.1) is 0 Å². The van der Waals surface area contributed by atoms with Crippen LogP contribution in [0.1, 0.15) is 29.7 Å². The average molecular weight is 364 g/mol. The van der Waals surface area contributed by atoms with Gasteiger partial charge in [0.1, 0.15) is 6.04 Å². The van der Waals surface area contributed by atoms with Crippen molar-refractivity contribution in [3.63, 3.8) is 0 Å². The number of carbonyl (C=O) groups excluding carboxylic acids is 2. The van der Waals surface area contributed by atoms with Crippen LogP contribution in [0.5, 0.6) is 0 Å². The molecule has 0 spiro atoms. The van der Waals surface area contributed by atoms with Crippen molar-refractivity contribution < 1.29 is 9.59 Å². The van der Waals surface area contributed by atoms with Crippen molar-refractivity contribution in [3.8, 4) is 0 Å². The summed E-state index contributed by atoms with van der Waals surface area (Å²) < 4.78 is 1.80. The number of anilines is 1. The van der Waals surface area contributed by atoms with E-state index in [9.17, 15) is 9.59 Å². The molecular weight excluding hydrogens is 340 g/mol. The van der Waals surface area contributed by atoms with Crippen molar-refractivity contribution in [2.75, 3.05) is 11.9 Å². The molecule has 2 N–H and O–H groups in total. The molecule has 0 fully saturated rings. The summed E-state index contributed by atoms with van der Waals surface area (Å²) in [6.45, 7) is 7.64. The summed E-state index contributed by atoms with van der Waals surface area (Å²) in [4.78, 5) is 29.1. The fraction of sp³-hybridized carbons (Fsp3) is 0.286. The molecule has 140 valence electrons. The molecule has 0 aliphatic rings. The second kappa shape index (κ2) is 7.61. The molecule has 0 radical (unpaired) electrons. The molecular formula is C21H24N4O2. The van der Waals surface area contributed by atoms with Crippen LogP contribution in [-0.2, 0) is 9.59 Å². The van der Waals surface area contributed by atoms with Gasteiger partial charge in [-0.1, -0.05) is 29.8 Å². The lowest BCUT2D eigenvalue weighted by molar-refractivity contribution is -0.126. The second-order valence-corrected chi connectivity index (χ2v) is 6.86. The summed E-state index contributed by atoms with van der Waals surface area (Å²) in [5.74, 6) is -0.480. The minimum atomic E-state index is -0.465. The van der Waals surface area contributed by atoms with Crippen molar-refractivity contribution in [2.45, 2.75) is 33.7 Å². The first kappa shape index (κ1) is 18.6. The van der Waals surface area contributed by atoms with Crippen molar-refractivity contribution in [2.24, 2.45) is 0 Å². The Kier molecular flexibility index (Phi) is 5.26. The van der Waals surface area contributed by atoms with Crippen LogP contribution in [0.4, 0.5) is 5.69 Å². The topological polar surface area (TPSA) is 76.0 Å². The number of para-hydroxylation sites is 2. The van der Waals surface area contributed by atoms with Gasteiger partial charge in [-0.2, -0.15) is 0 Å². The third-order valence-corrected chi connectivity index (χ3v) is 4.64. The Morgan fingerprint density at radius 3 is 2.48 bits per heavy atom. The number of carbonyl (C=O) groups is 2. The Labute approximate surface area is 158 Å². The monoisotopic (exact) mass is 364 g/mol. The lowest BCUT2D eigenvalue weighted by atomic mass is 10.1. The minimum absolute atomic E-state index is 0.0808. The van der Waals surface area contributed by atoms with Crippen LogP contribution in [0, 0.1) is 20.8 Å². The molecule has 27 heavy (non-hydrogen) atoms. The number of hydrogen-bond acceptors (Lipinski definition) is 3. The van der Waals surface area contributed by atoms with E-state index >= 15 is 0 Å². The van der Waals surface area contributed by atoms with Gasteiger partial charge in [0.2, 0.25) is 11.8 Å². The number of amides is 2. The number of fused-ring (bicyclic) bond motifs is 1. The van der Waals surface area contributed by atoms with Crippen LogP contribution in [-0.4, -0.2) is 27.9 Å². The number of benzene rings is 2. The predicted octanol–water partition coefficient (Wildman–Crippen LogP) is 3.28. The summed E-state index contributed by atoms with van der Waals surface area (Å²) in [5, 5.41) is 5.60. The molecule has 1 heterocycles. The summed E-state index contributed by atoms with van der Waals surface area (Å²) in [6, 6.07) is 11.2. The SMILES string of the molecule is Cc1cc(C)c(NC(=O)CNC(=O)C(C)n2cnc3ccccc32)c(C)c1. The standard InChI is InChI=1S/C21H24N4O2/c1-13-9-14(2)20(15(3)10-13)24-19(26)11-22-21(27)16(4)25-12-23-17-7-5-6-8-18(17)25/h5-10,12,16H,11H2,1-4H3,(H,22,27)(H,24,26). The van der Waals surface area contributed by atoms with Gasteiger partial charge in [-0.05, 0) is 51.0 Å². The number of aryl methyl sites for hydroxylation is 3. The van der Waals surface area contributed by atoms with E-state index < -0.39 is 6.04 Å². The molecule has 0 aliphatic heterocycles. The first-order valence-corrected chi connectivity index (χ1v) is 8.94. The highest BCUT2D eigenvalue weighted by Crippen LogP contribution is 2.22. The maximum atomic E-state index is 12.5. The quantitative estimate of drug-likeness (QED) is 0.729. The smallest absolute Gasteiger partial charge is 0.243 e. The highest BCUT2D eigenvalue weighted by atomic mass is 16.2. The van der Waals surface area contributed by atoms with Gasteiger partial charge in [-0.25, -0.2) is 4.98 Å². The van der Waals surface area contributed by atoms with E-state index in [0.29, 0.717) is 0 Å². The van der Waals surface area contributed by atoms with Gasteiger partial charge in [0.05, 0.1) is 23.9 Å². The molecule has 1 aromatic heterocycles. The third-order valence-electron chi connectivity index (χ3n) is 4.64. The molecule has 0 saturated heterocycles. The van der Waals surface area contributed by atoms with E-state index in [0.717, 1.165) is 33.4 Å². The van der Waals surface area contributed by atoms with Crippen molar-refractivity contribution in [1.29, 1.82) is 0 Å². The minimum Gasteiger partial charge on any atom is -0.345 e. The highest BCUT2D eigenvalue weighted by Gasteiger charge is 2.18. The Balaban J connectivity index is 1.63. The zero-order valence-corrected chi connectivity index (χ0v) is 16.0. The summed E-state index contributed by atoms with van der Waals surface area (Å²) in [5.41, 5.74) is 5.68. The number of imidazole rings is 1. The lowest BCUT2D eigenvalue weighted by Crippen LogP contribution is -2.37. The highest BCUT2D eigenvalue weighted by molar-refractivity contribution is 5.96. The molecule has 6 heteroatoms. The van der Waals surface area contributed by atoms with Gasteiger partial charge in [0, 0.05) is 5.69 Å². The second-order valence-electron chi connectivity index (χ2n) is 6.86. The van der Waals surface area contributed by atoms with Crippen molar-refractivity contribution in [1.82, 2.24) is 14.9 Å². The van der Waals surface area contributed by atoms with E-state index in [1.165, 1.54) is 0 Å². The summed E-state index contributed by atoms with van der Waals surface area (Å²) in [7, 11) is 0. The van der Waals surface area contributed by atoms with E-state index in [-0.39, 0.29) is 18.4 Å². The molecule has 2 aromatic carbocycles. The Morgan fingerprint density at radius 2 is 1.78 bits per heavy atom. The normalized spacial score (nSPS) is 12.0. The molecule has 1 unspecified atom stereocenters. The van der Waals surface area contributed by atoms with Crippen LogP contribution in [0.25, 0.3) is 11.0 Å². The number of nitrogens with zero attached hydrogens (tertiary/aromatic N) is 2. The fourth-order valence-corrected chi connectivity index (χ4v) is 3.29. The third kappa shape index (κ3) is 4.00. The zero-order chi connectivity index (χ0) is 19.6. The number of nitrogens with one attached hydrogen (secondary N) is 2. The summed E-state index contributed by atoms with van der Waals surface area (Å²) in [6.07, 6.45) is 1.65. The lowest BCUT2D eigenvalue weighted by Gasteiger charge is -2.16. The molecule has 3 aromatic rings. The number of aromatic nitrogens is 2. The molecule has 0 saturated carbocycles. The molecule has 2 amide bonds. The number of hydrogen-bond donors (Lipinski definition) is 2. The maximum absolute atomic E-state index is 12.5. The zero-order valence-electron chi connectivity index (χ0n) is 16.0. The van der Waals surface area contributed by atoms with Gasteiger partial charge < -0.3 is 15.2 Å². The van der Waals surface area contributed by atoms with Gasteiger partial charge in [-0.3, -0.25) is 9.59 Å². The van der Waals surface area contributed by atoms with E-state index in [1.807, 2.05) is 57.2 Å². The number of rotatable bonds is 5. The molecule has 1 atom stereocenters. The van der Waals surface area contributed by atoms with E-state index in [1.54, 1.807) is 17.8 Å². The Hall–Kier alpha value is -3.15. The molecule has 0 bridgehead atoms.